The Balaban J connectivity index is 1.85. The molecular formula is C25H26O2S. The Morgan fingerprint density at radius 3 is 2.43 bits per heavy atom. The van der Waals surface area contributed by atoms with Gasteiger partial charge in [-0.25, -0.2) is 4.79 Å². The van der Waals surface area contributed by atoms with Crippen molar-refractivity contribution in [1.29, 1.82) is 0 Å². The number of benzene rings is 2. The summed E-state index contributed by atoms with van der Waals surface area (Å²) in [6.45, 7) is 8.96. The molecule has 0 atom stereocenters. The van der Waals surface area contributed by atoms with Gasteiger partial charge in [0.15, 0.2) is 0 Å². The predicted molar refractivity (Wildman–Crippen MR) is 119 cm³/mol. The number of hydrogen-bond acceptors (Lipinski definition) is 3. The van der Waals surface area contributed by atoms with Gasteiger partial charge in [-0.2, -0.15) is 0 Å². The van der Waals surface area contributed by atoms with E-state index in [0.717, 1.165) is 23.3 Å². The molecule has 0 unspecified atom stereocenters. The summed E-state index contributed by atoms with van der Waals surface area (Å²) in [5.41, 5.74) is 5.28. The maximum Gasteiger partial charge on any atom is 0.338 e. The van der Waals surface area contributed by atoms with Gasteiger partial charge in [-0.1, -0.05) is 44.8 Å². The first-order valence-corrected chi connectivity index (χ1v) is 10.7. The van der Waals surface area contributed by atoms with Crippen LogP contribution in [-0.2, 0) is 10.2 Å². The Labute approximate surface area is 172 Å². The second kappa shape index (κ2) is 8.71. The van der Waals surface area contributed by atoms with Crippen LogP contribution in [0.1, 0.15) is 66.7 Å². The molecule has 0 bridgehead atoms. The molecule has 2 aromatic carbocycles. The summed E-state index contributed by atoms with van der Waals surface area (Å²) >= 11 is 1.91. The molecule has 0 amide bonds. The lowest BCUT2D eigenvalue weighted by Gasteiger charge is -2.32. The number of esters is 1. The highest BCUT2D eigenvalue weighted by Gasteiger charge is 2.28. The summed E-state index contributed by atoms with van der Waals surface area (Å²) in [7, 11) is 0. The number of hydrogen-bond donors (Lipinski definition) is 0. The Morgan fingerprint density at radius 2 is 1.75 bits per heavy atom. The lowest BCUT2D eigenvalue weighted by Crippen LogP contribution is -2.21. The van der Waals surface area contributed by atoms with Gasteiger partial charge in [0.05, 0.1) is 12.2 Å². The highest BCUT2D eigenvalue weighted by Crippen LogP contribution is 2.43. The summed E-state index contributed by atoms with van der Waals surface area (Å²) in [6.07, 6.45) is 3.42. The van der Waals surface area contributed by atoms with Crippen molar-refractivity contribution in [3.8, 4) is 11.8 Å². The van der Waals surface area contributed by atoms with E-state index in [2.05, 4.69) is 56.9 Å². The third-order valence-corrected chi connectivity index (χ3v) is 5.85. The first kappa shape index (κ1) is 20.3. The van der Waals surface area contributed by atoms with Crippen molar-refractivity contribution in [2.24, 2.45) is 0 Å². The van der Waals surface area contributed by atoms with E-state index in [9.17, 15) is 4.79 Å². The largest absolute Gasteiger partial charge is 0.462 e. The normalized spacial score (nSPS) is 14.4. The zero-order chi connectivity index (χ0) is 20.1. The van der Waals surface area contributed by atoms with Gasteiger partial charge in [0.25, 0.3) is 0 Å². The van der Waals surface area contributed by atoms with Crippen LogP contribution < -0.4 is 0 Å². The van der Waals surface area contributed by atoms with Crippen LogP contribution in [-0.4, -0.2) is 18.3 Å². The number of carbonyl (C=O) groups is 1. The van der Waals surface area contributed by atoms with E-state index in [1.54, 1.807) is 19.1 Å². The molecule has 0 fully saturated rings. The van der Waals surface area contributed by atoms with Gasteiger partial charge >= 0.3 is 5.97 Å². The van der Waals surface area contributed by atoms with Gasteiger partial charge in [-0.05, 0) is 72.0 Å². The van der Waals surface area contributed by atoms with Crippen LogP contribution in [0.2, 0.25) is 0 Å². The summed E-state index contributed by atoms with van der Waals surface area (Å²) < 4.78 is 5.01. The maximum atomic E-state index is 11.7. The molecule has 0 aliphatic heterocycles. The van der Waals surface area contributed by atoms with Gasteiger partial charge in [0.1, 0.15) is 0 Å². The van der Waals surface area contributed by atoms with E-state index in [0.29, 0.717) is 12.2 Å². The lowest BCUT2D eigenvalue weighted by molar-refractivity contribution is 0.0526. The average molecular weight is 391 g/mol. The molecule has 0 spiro atoms. The topological polar surface area (TPSA) is 26.3 Å². The second-order valence-electron chi connectivity index (χ2n) is 7.40. The van der Waals surface area contributed by atoms with Crippen molar-refractivity contribution in [2.45, 2.75) is 39.5 Å². The zero-order valence-corrected chi connectivity index (χ0v) is 17.8. The highest BCUT2D eigenvalue weighted by molar-refractivity contribution is 8.08. The van der Waals surface area contributed by atoms with Crippen LogP contribution in [0.15, 0.2) is 48.5 Å². The van der Waals surface area contributed by atoms with Crippen LogP contribution in [0.25, 0.3) is 4.91 Å². The monoisotopic (exact) mass is 390 g/mol. The summed E-state index contributed by atoms with van der Waals surface area (Å²) in [6, 6.07) is 13.8. The Kier molecular flexibility index (Phi) is 6.31. The van der Waals surface area contributed by atoms with E-state index < -0.39 is 0 Å². The number of allylic oxidation sites excluding steroid dienone is 1. The third-order valence-electron chi connectivity index (χ3n) is 4.86. The molecule has 0 radical (unpaired) electrons. The fourth-order valence-corrected chi connectivity index (χ4v) is 4.15. The van der Waals surface area contributed by atoms with Crippen molar-refractivity contribution < 1.29 is 9.53 Å². The Morgan fingerprint density at radius 1 is 1.07 bits per heavy atom. The van der Waals surface area contributed by atoms with Crippen molar-refractivity contribution in [3.63, 3.8) is 0 Å². The molecule has 28 heavy (non-hydrogen) atoms. The van der Waals surface area contributed by atoms with Crippen molar-refractivity contribution >= 4 is 22.6 Å². The van der Waals surface area contributed by atoms with E-state index in [1.165, 1.54) is 16.0 Å². The Bertz CT molecular complexity index is 956. The molecule has 2 aromatic rings. The van der Waals surface area contributed by atoms with E-state index in [4.69, 9.17) is 4.74 Å². The number of thioether (sulfide) groups is 1. The van der Waals surface area contributed by atoms with E-state index in [-0.39, 0.29) is 11.4 Å². The third kappa shape index (κ3) is 4.51. The van der Waals surface area contributed by atoms with Crippen molar-refractivity contribution in [2.75, 3.05) is 12.4 Å². The summed E-state index contributed by atoms with van der Waals surface area (Å²) in [4.78, 5) is 13.1. The minimum Gasteiger partial charge on any atom is -0.462 e. The molecule has 1 aliphatic rings. The molecule has 0 saturated carbocycles. The predicted octanol–water partition coefficient (Wildman–Crippen LogP) is 6.04. The average Bonchev–Trinajstić information content (AvgIpc) is 2.69. The van der Waals surface area contributed by atoms with Crippen molar-refractivity contribution in [1.82, 2.24) is 0 Å². The fraction of sp³-hybridized carbons (Fsp3) is 0.320. The van der Waals surface area contributed by atoms with Gasteiger partial charge in [-0.3, -0.25) is 0 Å². The van der Waals surface area contributed by atoms with Gasteiger partial charge < -0.3 is 4.74 Å². The maximum absolute atomic E-state index is 11.7. The summed E-state index contributed by atoms with van der Waals surface area (Å²) in [5, 5.41) is 0. The molecule has 0 N–H and O–H groups in total. The molecule has 0 heterocycles. The number of ether oxygens (including phenoxy) is 1. The van der Waals surface area contributed by atoms with Crippen LogP contribution in [0, 0.1) is 11.8 Å². The highest BCUT2D eigenvalue weighted by atomic mass is 32.2. The molecule has 2 nitrogen and oxygen atoms in total. The molecule has 0 saturated heterocycles. The Hall–Kier alpha value is -2.44. The van der Waals surface area contributed by atoms with Crippen LogP contribution in [0.4, 0.5) is 0 Å². The first-order valence-electron chi connectivity index (χ1n) is 9.71. The van der Waals surface area contributed by atoms with E-state index >= 15 is 0 Å². The van der Waals surface area contributed by atoms with Crippen LogP contribution >= 0.6 is 11.8 Å². The van der Waals surface area contributed by atoms with Crippen LogP contribution in [0.5, 0.6) is 0 Å². The molecule has 0 aromatic heterocycles. The fourth-order valence-electron chi connectivity index (χ4n) is 3.31. The van der Waals surface area contributed by atoms with Crippen LogP contribution in [0.3, 0.4) is 0 Å². The minimum absolute atomic E-state index is 0.117. The standard InChI is InChI=1S/C25H26O2S/c1-5-27-24(26)20-12-9-18(10-13-20)7-8-19-11-14-21-22(17-19)25(3,4)16-15-23(21)28-6-2/h9-15,17H,5-6,16H2,1-4H3. The quantitative estimate of drug-likeness (QED) is 0.470. The van der Waals surface area contributed by atoms with Gasteiger partial charge in [0, 0.05) is 16.0 Å². The lowest BCUT2D eigenvalue weighted by atomic mass is 9.75. The number of fused-ring (bicyclic) bond motifs is 1. The van der Waals surface area contributed by atoms with Crippen molar-refractivity contribution in [3.05, 3.63) is 76.4 Å². The minimum atomic E-state index is -0.298. The summed E-state index contributed by atoms with van der Waals surface area (Å²) in [5.74, 6) is 7.26. The number of carbonyl (C=O) groups excluding carboxylic acids is 1. The second-order valence-corrected chi connectivity index (χ2v) is 8.70. The molecular weight excluding hydrogens is 364 g/mol. The SMILES string of the molecule is CCOC(=O)c1ccc(C#Cc2ccc3c(c2)C(C)(C)CC=C3SCC)cc1. The van der Waals surface area contributed by atoms with Gasteiger partial charge in [-0.15, -0.1) is 11.8 Å². The smallest absolute Gasteiger partial charge is 0.338 e. The zero-order valence-electron chi connectivity index (χ0n) is 17.0. The molecule has 3 rings (SSSR count). The van der Waals surface area contributed by atoms with Gasteiger partial charge in [0.2, 0.25) is 0 Å². The molecule has 1 aliphatic carbocycles. The molecule has 3 heteroatoms. The van der Waals surface area contributed by atoms with E-state index in [1.807, 2.05) is 23.9 Å². The molecule has 144 valence electrons. The first-order chi connectivity index (χ1) is 13.4. The number of rotatable bonds is 4.